The molecule has 1 amide bonds. The van der Waals surface area contributed by atoms with E-state index >= 15 is 0 Å². The van der Waals surface area contributed by atoms with E-state index in [-0.39, 0.29) is 11.3 Å². The number of hydrogen-bond acceptors (Lipinski definition) is 3. The zero-order valence-electron chi connectivity index (χ0n) is 10.2. The topological polar surface area (TPSA) is 61.7 Å². The molecule has 0 atom stereocenters. The van der Waals surface area contributed by atoms with Gasteiger partial charge in [0.05, 0.1) is 11.8 Å². The Morgan fingerprint density at radius 1 is 1.30 bits per heavy atom. The van der Waals surface area contributed by atoms with Gasteiger partial charge in [0.1, 0.15) is 5.75 Å². The van der Waals surface area contributed by atoms with E-state index in [4.69, 9.17) is 0 Å². The summed E-state index contributed by atoms with van der Waals surface area (Å²) in [6, 6.07) is 12.3. The van der Waals surface area contributed by atoms with Gasteiger partial charge in [0.2, 0.25) is 0 Å². The lowest BCUT2D eigenvalue weighted by molar-refractivity contribution is 0.0952. The SMILES string of the molecule is O=C(N/N=C\c1ccccc1I)c1cc(Br)ccc1O. The molecule has 2 aromatic rings. The molecule has 0 aromatic heterocycles. The molecule has 0 heterocycles. The van der Waals surface area contributed by atoms with Crippen LogP contribution < -0.4 is 5.43 Å². The number of hydrazone groups is 1. The third kappa shape index (κ3) is 3.80. The Balaban J connectivity index is 2.09. The Hall–Kier alpha value is -1.41. The van der Waals surface area contributed by atoms with Crippen LogP contribution in [0.25, 0.3) is 0 Å². The first-order valence-electron chi connectivity index (χ1n) is 5.64. The van der Waals surface area contributed by atoms with Crippen LogP contribution in [0.2, 0.25) is 0 Å². The van der Waals surface area contributed by atoms with Crippen LogP contribution in [0.1, 0.15) is 15.9 Å². The predicted molar refractivity (Wildman–Crippen MR) is 90.0 cm³/mol. The van der Waals surface area contributed by atoms with E-state index in [0.29, 0.717) is 4.47 Å². The van der Waals surface area contributed by atoms with Gasteiger partial charge in [-0.3, -0.25) is 4.79 Å². The van der Waals surface area contributed by atoms with Crippen LogP contribution in [-0.4, -0.2) is 17.2 Å². The van der Waals surface area contributed by atoms with E-state index < -0.39 is 5.91 Å². The Bertz CT molecular complexity index is 674. The summed E-state index contributed by atoms with van der Waals surface area (Å²) in [7, 11) is 0. The second-order valence-electron chi connectivity index (χ2n) is 3.88. The molecule has 4 nitrogen and oxygen atoms in total. The normalized spacial score (nSPS) is 10.7. The number of nitrogens with zero attached hydrogens (tertiary/aromatic N) is 1. The molecule has 2 rings (SSSR count). The van der Waals surface area contributed by atoms with Crippen LogP contribution in [-0.2, 0) is 0 Å². The van der Waals surface area contributed by atoms with Crippen molar-refractivity contribution >= 4 is 50.6 Å². The minimum atomic E-state index is -0.467. The molecule has 0 aliphatic rings. The van der Waals surface area contributed by atoms with Gasteiger partial charge in [-0.15, -0.1) is 0 Å². The number of benzene rings is 2. The summed E-state index contributed by atoms with van der Waals surface area (Å²) in [6.07, 6.45) is 1.56. The number of phenols is 1. The molecule has 0 bridgehead atoms. The molecule has 0 saturated carbocycles. The van der Waals surface area contributed by atoms with Crippen LogP contribution in [0.15, 0.2) is 52.0 Å². The maximum Gasteiger partial charge on any atom is 0.275 e. The van der Waals surface area contributed by atoms with Crippen molar-refractivity contribution in [2.75, 3.05) is 0 Å². The van der Waals surface area contributed by atoms with E-state index in [9.17, 15) is 9.90 Å². The van der Waals surface area contributed by atoms with E-state index in [1.165, 1.54) is 12.1 Å². The standard InChI is InChI=1S/C14H10BrIN2O2/c15-10-5-6-13(19)11(7-10)14(20)18-17-8-9-3-1-2-4-12(9)16/h1-8,19H,(H,18,20)/b17-8-. The summed E-state index contributed by atoms with van der Waals surface area (Å²) in [4.78, 5) is 11.9. The van der Waals surface area contributed by atoms with Crippen molar-refractivity contribution in [3.63, 3.8) is 0 Å². The smallest absolute Gasteiger partial charge is 0.275 e. The highest BCUT2D eigenvalue weighted by Gasteiger charge is 2.10. The van der Waals surface area contributed by atoms with Crippen molar-refractivity contribution in [3.05, 3.63) is 61.6 Å². The third-order valence-electron chi connectivity index (χ3n) is 2.48. The summed E-state index contributed by atoms with van der Waals surface area (Å²) >= 11 is 5.44. The molecule has 2 aromatic carbocycles. The van der Waals surface area contributed by atoms with E-state index in [2.05, 4.69) is 49.0 Å². The van der Waals surface area contributed by atoms with Gasteiger partial charge in [-0.25, -0.2) is 5.43 Å². The monoisotopic (exact) mass is 444 g/mol. The zero-order chi connectivity index (χ0) is 14.5. The summed E-state index contributed by atoms with van der Waals surface area (Å²) in [6.45, 7) is 0. The highest BCUT2D eigenvalue weighted by Crippen LogP contribution is 2.21. The molecule has 0 fully saturated rings. The molecule has 0 spiro atoms. The number of carbonyl (C=O) groups is 1. The molecule has 2 N–H and O–H groups in total. The van der Waals surface area contributed by atoms with Gasteiger partial charge in [0.15, 0.2) is 0 Å². The van der Waals surface area contributed by atoms with Gasteiger partial charge in [0.25, 0.3) is 5.91 Å². The van der Waals surface area contributed by atoms with Crippen molar-refractivity contribution in [3.8, 4) is 5.75 Å². The Morgan fingerprint density at radius 3 is 2.80 bits per heavy atom. The number of amides is 1. The first-order valence-corrected chi connectivity index (χ1v) is 7.51. The minimum absolute atomic E-state index is 0.0878. The molecular formula is C14H10BrIN2O2. The van der Waals surface area contributed by atoms with Crippen molar-refractivity contribution < 1.29 is 9.90 Å². The maximum atomic E-state index is 11.9. The number of nitrogens with one attached hydrogen (secondary N) is 1. The second kappa shape index (κ2) is 6.85. The summed E-state index contributed by atoms with van der Waals surface area (Å²) in [5.74, 6) is -0.554. The molecule has 102 valence electrons. The molecule has 20 heavy (non-hydrogen) atoms. The van der Waals surface area contributed by atoms with Crippen LogP contribution in [0.4, 0.5) is 0 Å². The lowest BCUT2D eigenvalue weighted by Gasteiger charge is -2.03. The van der Waals surface area contributed by atoms with E-state index in [0.717, 1.165) is 9.13 Å². The average Bonchev–Trinajstić information content (AvgIpc) is 2.43. The molecule has 0 radical (unpaired) electrons. The van der Waals surface area contributed by atoms with Gasteiger partial charge in [-0.2, -0.15) is 5.10 Å². The van der Waals surface area contributed by atoms with Gasteiger partial charge < -0.3 is 5.11 Å². The van der Waals surface area contributed by atoms with Crippen LogP contribution >= 0.6 is 38.5 Å². The van der Waals surface area contributed by atoms with Gasteiger partial charge >= 0.3 is 0 Å². The lowest BCUT2D eigenvalue weighted by atomic mass is 10.2. The highest BCUT2D eigenvalue weighted by molar-refractivity contribution is 14.1. The van der Waals surface area contributed by atoms with Gasteiger partial charge in [0, 0.05) is 13.6 Å². The molecule has 0 aliphatic heterocycles. The number of hydrogen-bond donors (Lipinski definition) is 2. The maximum absolute atomic E-state index is 11.9. The van der Waals surface area contributed by atoms with Crippen molar-refractivity contribution in [2.24, 2.45) is 5.10 Å². The Kier molecular flexibility index (Phi) is 5.13. The fourth-order valence-electron chi connectivity index (χ4n) is 1.49. The summed E-state index contributed by atoms with van der Waals surface area (Å²) < 4.78 is 1.75. The number of carbonyl (C=O) groups excluding carboxylic acids is 1. The quantitative estimate of drug-likeness (QED) is 0.432. The second-order valence-corrected chi connectivity index (χ2v) is 5.96. The molecule has 0 unspecified atom stereocenters. The summed E-state index contributed by atoms with van der Waals surface area (Å²) in [5.41, 5.74) is 3.46. The van der Waals surface area contributed by atoms with E-state index in [1.54, 1.807) is 12.3 Å². The van der Waals surface area contributed by atoms with Crippen LogP contribution in [0.3, 0.4) is 0 Å². The molecular weight excluding hydrogens is 435 g/mol. The minimum Gasteiger partial charge on any atom is -0.507 e. The highest BCUT2D eigenvalue weighted by atomic mass is 127. The number of rotatable bonds is 3. The van der Waals surface area contributed by atoms with Crippen LogP contribution in [0.5, 0.6) is 5.75 Å². The first kappa shape index (κ1) is 15.0. The number of phenolic OH excluding ortho intramolecular Hbond substituents is 1. The zero-order valence-corrected chi connectivity index (χ0v) is 13.9. The molecule has 0 saturated heterocycles. The Morgan fingerprint density at radius 2 is 2.05 bits per heavy atom. The van der Waals surface area contributed by atoms with Crippen LogP contribution in [0, 0.1) is 3.57 Å². The number of aromatic hydroxyl groups is 1. The van der Waals surface area contributed by atoms with E-state index in [1.807, 2.05) is 24.3 Å². The average molecular weight is 445 g/mol. The summed E-state index contributed by atoms with van der Waals surface area (Å²) in [5, 5.41) is 13.5. The van der Waals surface area contributed by atoms with Crippen molar-refractivity contribution in [2.45, 2.75) is 0 Å². The van der Waals surface area contributed by atoms with Gasteiger partial charge in [-0.05, 0) is 46.9 Å². The third-order valence-corrected chi connectivity index (χ3v) is 3.95. The Labute approximate surface area is 138 Å². The van der Waals surface area contributed by atoms with Gasteiger partial charge in [-0.1, -0.05) is 34.1 Å². The largest absolute Gasteiger partial charge is 0.507 e. The van der Waals surface area contributed by atoms with Crippen molar-refractivity contribution in [1.82, 2.24) is 5.43 Å². The molecule has 6 heteroatoms. The lowest BCUT2D eigenvalue weighted by Crippen LogP contribution is -2.17. The number of halogens is 2. The van der Waals surface area contributed by atoms with Crippen molar-refractivity contribution in [1.29, 1.82) is 0 Å². The fourth-order valence-corrected chi connectivity index (χ4v) is 2.38. The molecule has 0 aliphatic carbocycles. The first-order chi connectivity index (χ1) is 9.58. The predicted octanol–water partition coefficient (Wildman–Crippen LogP) is 3.52. The fraction of sp³-hybridized carbons (Fsp3) is 0.